The van der Waals surface area contributed by atoms with Crippen LogP contribution in [0.3, 0.4) is 0 Å². The molecule has 3 rings (SSSR count). The Labute approximate surface area is 166 Å². The summed E-state index contributed by atoms with van der Waals surface area (Å²) in [5, 5.41) is 6.93. The highest BCUT2D eigenvalue weighted by molar-refractivity contribution is 5.80. The number of hydrogen-bond donors (Lipinski definition) is 2. The van der Waals surface area contributed by atoms with Crippen molar-refractivity contribution in [1.29, 1.82) is 0 Å². The van der Waals surface area contributed by atoms with Gasteiger partial charge in [-0.1, -0.05) is 6.07 Å². The number of nitrogens with zero attached hydrogens (tertiary/aromatic N) is 4. The molecule has 152 valence electrons. The highest BCUT2D eigenvalue weighted by Crippen LogP contribution is 2.20. The van der Waals surface area contributed by atoms with Crippen LogP contribution in [0.15, 0.2) is 41.7 Å². The van der Waals surface area contributed by atoms with Crippen LogP contribution in [0.25, 0.3) is 0 Å². The molecule has 0 spiro atoms. The van der Waals surface area contributed by atoms with Gasteiger partial charge in [-0.05, 0) is 50.8 Å². The number of nitrogens with one attached hydrogen (secondary N) is 2. The molecule has 2 heterocycles. The number of piperidine rings is 1. The first-order valence-electron chi connectivity index (χ1n) is 10.1. The van der Waals surface area contributed by atoms with E-state index in [4.69, 9.17) is 0 Å². The lowest BCUT2D eigenvalue weighted by molar-refractivity contribution is 0.466. The zero-order valence-corrected chi connectivity index (χ0v) is 16.9. The van der Waals surface area contributed by atoms with Crippen LogP contribution in [0.1, 0.15) is 31.5 Å². The number of imidazole rings is 1. The minimum absolute atomic E-state index is 0.184. The Bertz CT molecular complexity index is 772. The summed E-state index contributed by atoms with van der Waals surface area (Å²) in [6, 6.07) is 7.14. The summed E-state index contributed by atoms with van der Waals surface area (Å²) in [5.74, 6) is 1.71. The highest BCUT2D eigenvalue weighted by atomic mass is 19.1. The minimum atomic E-state index is -0.184. The van der Waals surface area contributed by atoms with Gasteiger partial charge in [0.15, 0.2) is 5.96 Å². The molecule has 6 nitrogen and oxygen atoms in total. The van der Waals surface area contributed by atoms with E-state index in [2.05, 4.69) is 30.1 Å². The van der Waals surface area contributed by atoms with Crippen molar-refractivity contribution in [1.82, 2.24) is 20.2 Å². The lowest BCUT2D eigenvalue weighted by atomic mass is 10.0. The molecule has 1 atom stereocenters. The van der Waals surface area contributed by atoms with E-state index in [0.717, 1.165) is 69.3 Å². The Balaban J connectivity index is 1.40. The van der Waals surface area contributed by atoms with Crippen molar-refractivity contribution in [3.63, 3.8) is 0 Å². The third-order valence-corrected chi connectivity index (χ3v) is 5.20. The predicted octanol–water partition coefficient (Wildman–Crippen LogP) is 2.94. The molecule has 1 unspecified atom stereocenters. The lowest BCUT2D eigenvalue weighted by Crippen LogP contribution is -2.51. The number of aromatic nitrogens is 2. The first kappa shape index (κ1) is 20.2. The molecule has 1 saturated heterocycles. The Hall–Kier alpha value is -2.57. The fourth-order valence-corrected chi connectivity index (χ4v) is 3.64. The second-order valence-electron chi connectivity index (χ2n) is 7.28. The molecule has 1 fully saturated rings. The van der Waals surface area contributed by atoms with E-state index >= 15 is 0 Å². The molecular formula is C21H31FN6. The summed E-state index contributed by atoms with van der Waals surface area (Å²) < 4.78 is 15.7. The molecule has 1 aromatic heterocycles. The smallest absolute Gasteiger partial charge is 0.191 e. The molecule has 7 heteroatoms. The molecule has 2 aromatic rings. The van der Waals surface area contributed by atoms with Gasteiger partial charge in [0.2, 0.25) is 0 Å². The first-order chi connectivity index (χ1) is 13.7. The zero-order valence-electron chi connectivity index (χ0n) is 16.9. The van der Waals surface area contributed by atoms with E-state index in [0.29, 0.717) is 6.04 Å². The van der Waals surface area contributed by atoms with Gasteiger partial charge in [0, 0.05) is 57.3 Å². The van der Waals surface area contributed by atoms with E-state index in [1.165, 1.54) is 6.07 Å². The molecule has 1 aliphatic rings. The fourth-order valence-electron chi connectivity index (χ4n) is 3.64. The largest absolute Gasteiger partial charge is 0.369 e. The maximum atomic E-state index is 13.5. The molecule has 1 aliphatic heterocycles. The normalized spacial score (nSPS) is 17.6. The van der Waals surface area contributed by atoms with E-state index < -0.39 is 0 Å². The number of guanidine groups is 1. The van der Waals surface area contributed by atoms with Gasteiger partial charge in [-0.15, -0.1) is 0 Å². The van der Waals surface area contributed by atoms with Crippen LogP contribution in [-0.4, -0.2) is 48.2 Å². The third kappa shape index (κ3) is 5.71. The molecule has 28 heavy (non-hydrogen) atoms. The highest BCUT2D eigenvalue weighted by Gasteiger charge is 2.21. The van der Waals surface area contributed by atoms with Crippen molar-refractivity contribution in [2.75, 3.05) is 31.6 Å². The van der Waals surface area contributed by atoms with Gasteiger partial charge in [-0.3, -0.25) is 4.99 Å². The fraction of sp³-hybridized carbons (Fsp3) is 0.524. The Kier molecular flexibility index (Phi) is 7.28. The van der Waals surface area contributed by atoms with E-state index in [1.807, 2.05) is 25.4 Å². The number of anilines is 1. The number of halogens is 1. The SMILES string of the molecule is CN=C(NCCCCn1ccnc1C)NC1CCCN(c2cccc(F)c2)C1. The van der Waals surface area contributed by atoms with Crippen molar-refractivity contribution in [2.45, 2.75) is 45.2 Å². The van der Waals surface area contributed by atoms with Gasteiger partial charge < -0.3 is 20.1 Å². The Morgan fingerprint density at radius 2 is 2.25 bits per heavy atom. The molecule has 2 N–H and O–H groups in total. The number of aliphatic imine (C=N–C) groups is 1. The second-order valence-corrected chi connectivity index (χ2v) is 7.28. The van der Waals surface area contributed by atoms with Crippen LogP contribution in [0.5, 0.6) is 0 Å². The van der Waals surface area contributed by atoms with Crippen molar-refractivity contribution < 1.29 is 4.39 Å². The molecule has 0 saturated carbocycles. The summed E-state index contributed by atoms with van der Waals surface area (Å²) in [7, 11) is 1.80. The summed E-state index contributed by atoms with van der Waals surface area (Å²) in [6.07, 6.45) is 8.20. The van der Waals surface area contributed by atoms with Crippen LogP contribution in [0, 0.1) is 12.7 Å². The van der Waals surface area contributed by atoms with Gasteiger partial charge in [-0.2, -0.15) is 0 Å². The second kappa shape index (κ2) is 10.1. The summed E-state index contributed by atoms with van der Waals surface area (Å²) in [4.78, 5) is 10.8. The number of rotatable bonds is 7. The topological polar surface area (TPSA) is 57.5 Å². The molecule has 0 bridgehead atoms. The third-order valence-electron chi connectivity index (χ3n) is 5.20. The van der Waals surface area contributed by atoms with Crippen molar-refractivity contribution >= 4 is 11.6 Å². The van der Waals surface area contributed by atoms with Crippen molar-refractivity contribution in [3.8, 4) is 0 Å². The molecule has 0 aliphatic carbocycles. The van der Waals surface area contributed by atoms with Crippen LogP contribution in [0.4, 0.5) is 10.1 Å². The summed E-state index contributed by atoms with van der Waals surface area (Å²) in [5.41, 5.74) is 0.948. The Morgan fingerprint density at radius 3 is 3.00 bits per heavy atom. The molecule has 1 aromatic carbocycles. The lowest BCUT2D eigenvalue weighted by Gasteiger charge is -2.35. The van der Waals surface area contributed by atoms with E-state index in [1.54, 1.807) is 19.2 Å². The number of benzene rings is 1. The predicted molar refractivity (Wildman–Crippen MR) is 112 cm³/mol. The summed E-state index contributed by atoms with van der Waals surface area (Å²) in [6.45, 7) is 5.71. The average Bonchev–Trinajstić information content (AvgIpc) is 3.12. The number of aryl methyl sites for hydroxylation is 2. The van der Waals surface area contributed by atoms with Crippen molar-refractivity contribution in [2.24, 2.45) is 4.99 Å². The van der Waals surface area contributed by atoms with Gasteiger partial charge in [-0.25, -0.2) is 9.37 Å². The van der Waals surface area contributed by atoms with Gasteiger partial charge in [0.25, 0.3) is 0 Å². The first-order valence-corrected chi connectivity index (χ1v) is 10.1. The van der Waals surface area contributed by atoms with Gasteiger partial charge >= 0.3 is 0 Å². The molecule has 0 radical (unpaired) electrons. The standard InChI is InChI=1S/C21H31FN6/c1-17-24-11-14-27(17)12-4-3-10-25-21(23-2)26-19-8-6-13-28(16-19)20-9-5-7-18(22)15-20/h5,7,9,11,14-15,19H,3-4,6,8,10,12-13,16H2,1-2H3,(H2,23,25,26). The number of unbranched alkanes of at least 4 members (excludes halogenated alkanes) is 1. The van der Waals surface area contributed by atoms with Crippen LogP contribution >= 0.6 is 0 Å². The van der Waals surface area contributed by atoms with Crippen LogP contribution in [-0.2, 0) is 6.54 Å². The van der Waals surface area contributed by atoms with E-state index in [9.17, 15) is 4.39 Å². The Morgan fingerprint density at radius 1 is 1.36 bits per heavy atom. The minimum Gasteiger partial charge on any atom is -0.369 e. The quantitative estimate of drug-likeness (QED) is 0.436. The van der Waals surface area contributed by atoms with Crippen LogP contribution in [0.2, 0.25) is 0 Å². The van der Waals surface area contributed by atoms with Crippen LogP contribution < -0.4 is 15.5 Å². The van der Waals surface area contributed by atoms with Gasteiger partial charge in [0.1, 0.15) is 11.6 Å². The average molecular weight is 387 g/mol. The molecular weight excluding hydrogens is 355 g/mol. The van der Waals surface area contributed by atoms with Crippen molar-refractivity contribution in [3.05, 3.63) is 48.3 Å². The maximum Gasteiger partial charge on any atom is 0.191 e. The zero-order chi connectivity index (χ0) is 19.8. The summed E-state index contributed by atoms with van der Waals surface area (Å²) >= 11 is 0. The van der Waals surface area contributed by atoms with Gasteiger partial charge in [0.05, 0.1) is 0 Å². The van der Waals surface area contributed by atoms with E-state index in [-0.39, 0.29) is 5.82 Å². The number of hydrogen-bond acceptors (Lipinski definition) is 3. The maximum absolute atomic E-state index is 13.5. The molecule has 0 amide bonds. The monoisotopic (exact) mass is 386 g/mol.